The molecule has 2 amide bonds. The lowest BCUT2D eigenvalue weighted by Gasteiger charge is -2.35. The molecule has 1 atom stereocenters. The van der Waals surface area contributed by atoms with Crippen LogP contribution in [0.25, 0.3) is 0 Å². The van der Waals surface area contributed by atoms with Crippen molar-refractivity contribution in [3.63, 3.8) is 0 Å². The van der Waals surface area contributed by atoms with Crippen LogP contribution in [0.4, 0.5) is 16.2 Å². The fourth-order valence-electron chi connectivity index (χ4n) is 4.11. The van der Waals surface area contributed by atoms with E-state index in [1.165, 1.54) is 11.0 Å². The molecule has 1 saturated heterocycles. The van der Waals surface area contributed by atoms with Gasteiger partial charge in [0.1, 0.15) is 16.9 Å². The van der Waals surface area contributed by atoms with Crippen LogP contribution in [0.5, 0.6) is 5.75 Å². The molecule has 2 aliphatic rings. The molecule has 7 heteroatoms. The van der Waals surface area contributed by atoms with Crippen LogP contribution in [0.15, 0.2) is 46.9 Å². The van der Waals surface area contributed by atoms with Gasteiger partial charge in [0.25, 0.3) is 5.91 Å². The van der Waals surface area contributed by atoms with Crippen molar-refractivity contribution < 1.29 is 19.4 Å². The lowest BCUT2D eigenvalue weighted by Crippen LogP contribution is -2.56. The summed E-state index contributed by atoms with van der Waals surface area (Å²) in [5, 5.41) is 10.0. The summed E-state index contributed by atoms with van der Waals surface area (Å²) >= 11 is 3.42. The Morgan fingerprint density at radius 3 is 2.39 bits per heavy atom. The molecule has 6 nitrogen and oxygen atoms in total. The maximum Gasteiger partial charge on any atom is 0.415 e. The predicted octanol–water partition coefficient (Wildman–Crippen LogP) is 5.65. The summed E-state index contributed by atoms with van der Waals surface area (Å²) in [7, 11) is 0. The summed E-state index contributed by atoms with van der Waals surface area (Å²) in [6.45, 7) is 9.88. The first-order valence-corrected chi connectivity index (χ1v) is 11.3. The minimum absolute atomic E-state index is 0.0459. The van der Waals surface area contributed by atoms with E-state index in [1.54, 1.807) is 37.8 Å². The van der Waals surface area contributed by atoms with Crippen LogP contribution in [-0.2, 0) is 16.0 Å². The fourth-order valence-corrected chi connectivity index (χ4v) is 4.37. The molecule has 0 saturated carbocycles. The van der Waals surface area contributed by atoms with Gasteiger partial charge in [0.15, 0.2) is 0 Å². The normalized spacial score (nSPS) is 19.9. The van der Waals surface area contributed by atoms with Crippen molar-refractivity contribution >= 4 is 39.3 Å². The van der Waals surface area contributed by atoms with Crippen LogP contribution in [0, 0.1) is 0 Å². The monoisotopic (exact) mass is 488 g/mol. The average molecular weight is 489 g/mol. The second kappa shape index (κ2) is 8.54. The summed E-state index contributed by atoms with van der Waals surface area (Å²) < 4.78 is 6.57. The lowest BCUT2D eigenvalue weighted by molar-refractivity contribution is -0.121. The van der Waals surface area contributed by atoms with Crippen molar-refractivity contribution in [1.29, 1.82) is 0 Å². The molecule has 0 radical (unpaired) electrons. The molecule has 0 aromatic heterocycles. The maximum absolute atomic E-state index is 13.7. The lowest BCUT2D eigenvalue weighted by atomic mass is 9.92. The van der Waals surface area contributed by atoms with E-state index in [-0.39, 0.29) is 11.7 Å². The van der Waals surface area contributed by atoms with Gasteiger partial charge in [-0.1, -0.05) is 35.8 Å². The zero-order chi connectivity index (χ0) is 23.0. The Balaban J connectivity index is 0.00000132. The van der Waals surface area contributed by atoms with Gasteiger partial charge in [-0.05, 0) is 63.1 Å². The number of ether oxygens (including phenoxy) is 1. The number of carbonyl (C=O) groups is 2. The highest BCUT2D eigenvalue weighted by molar-refractivity contribution is 9.10. The van der Waals surface area contributed by atoms with Gasteiger partial charge in [0, 0.05) is 29.2 Å². The van der Waals surface area contributed by atoms with Crippen LogP contribution >= 0.6 is 15.9 Å². The van der Waals surface area contributed by atoms with Gasteiger partial charge in [-0.25, -0.2) is 4.79 Å². The largest absolute Gasteiger partial charge is 0.508 e. The molecule has 4 rings (SSSR count). The quantitative estimate of drug-likeness (QED) is 0.562. The van der Waals surface area contributed by atoms with Crippen LogP contribution in [0.3, 0.4) is 0 Å². The van der Waals surface area contributed by atoms with Crippen molar-refractivity contribution in [2.24, 2.45) is 0 Å². The first-order valence-electron chi connectivity index (χ1n) is 10.5. The van der Waals surface area contributed by atoms with Crippen molar-refractivity contribution in [2.45, 2.75) is 58.6 Å². The van der Waals surface area contributed by atoms with E-state index in [0.29, 0.717) is 25.1 Å². The SMILES string of the molecule is CC.CC(C)(C)OC(=O)N1c2cc(O)ccc2CC12CCN(c1ccc(Br)cc1)C2=O. The molecular formula is C24H29BrN2O4. The van der Waals surface area contributed by atoms with Crippen LogP contribution in [0.1, 0.15) is 46.6 Å². The molecule has 2 aliphatic heterocycles. The number of anilines is 2. The number of amides is 2. The molecule has 1 N–H and O–H groups in total. The fraction of sp³-hybridized carbons (Fsp3) is 0.417. The van der Waals surface area contributed by atoms with Crippen molar-refractivity contribution in [2.75, 3.05) is 16.3 Å². The van der Waals surface area contributed by atoms with E-state index in [0.717, 1.165) is 15.7 Å². The molecule has 2 heterocycles. The zero-order valence-electron chi connectivity index (χ0n) is 18.6. The Morgan fingerprint density at radius 1 is 1.13 bits per heavy atom. The van der Waals surface area contributed by atoms with Gasteiger partial charge in [0.05, 0.1) is 5.69 Å². The zero-order valence-corrected chi connectivity index (χ0v) is 20.2. The number of phenolic OH excluding ortho intramolecular Hbond substituents is 1. The molecule has 2 aromatic carbocycles. The minimum atomic E-state index is -1.05. The predicted molar refractivity (Wildman–Crippen MR) is 126 cm³/mol. The maximum atomic E-state index is 13.7. The van der Waals surface area contributed by atoms with E-state index in [2.05, 4.69) is 15.9 Å². The standard InChI is InChI=1S/C22H23BrN2O4.C2H6/c1-21(2,3)29-20(28)25-18-12-17(26)9-4-14(18)13-22(25)10-11-24(19(22)27)16-7-5-15(23)6-8-16;1-2/h4-9,12,26H,10-11,13H2,1-3H3;1-2H3. The molecule has 0 aliphatic carbocycles. The van der Waals surface area contributed by atoms with Gasteiger partial charge < -0.3 is 14.7 Å². The first kappa shape index (κ1) is 23.1. The Labute approximate surface area is 191 Å². The number of hydrogen-bond acceptors (Lipinski definition) is 4. The number of halogens is 1. The van der Waals surface area contributed by atoms with E-state index < -0.39 is 17.2 Å². The minimum Gasteiger partial charge on any atom is -0.508 e. The topological polar surface area (TPSA) is 70.1 Å². The number of rotatable bonds is 1. The van der Waals surface area contributed by atoms with Crippen LogP contribution in [0.2, 0.25) is 0 Å². The number of benzene rings is 2. The molecular weight excluding hydrogens is 460 g/mol. The Bertz CT molecular complexity index is 984. The molecule has 166 valence electrons. The van der Waals surface area contributed by atoms with E-state index in [9.17, 15) is 14.7 Å². The van der Waals surface area contributed by atoms with Gasteiger partial charge in [-0.3, -0.25) is 9.69 Å². The summed E-state index contributed by atoms with van der Waals surface area (Å²) in [6.07, 6.45) is 0.303. The van der Waals surface area contributed by atoms with Gasteiger partial charge >= 0.3 is 6.09 Å². The first-order chi connectivity index (χ1) is 14.6. The van der Waals surface area contributed by atoms with Crippen LogP contribution < -0.4 is 9.80 Å². The molecule has 0 bridgehead atoms. The van der Waals surface area contributed by atoms with Gasteiger partial charge in [-0.15, -0.1) is 0 Å². The Hall–Kier alpha value is -2.54. The third-order valence-corrected chi connectivity index (χ3v) is 5.86. The molecule has 1 fully saturated rings. The van der Waals surface area contributed by atoms with Gasteiger partial charge in [-0.2, -0.15) is 0 Å². The van der Waals surface area contributed by atoms with E-state index in [1.807, 2.05) is 38.1 Å². The molecule has 2 aromatic rings. The highest BCUT2D eigenvalue weighted by atomic mass is 79.9. The van der Waals surface area contributed by atoms with Crippen LogP contribution in [-0.4, -0.2) is 34.8 Å². The number of aromatic hydroxyl groups is 1. The Morgan fingerprint density at radius 2 is 1.77 bits per heavy atom. The summed E-state index contributed by atoms with van der Waals surface area (Å²) in [4.78, 5) is 30.0. The Kier molecular flexibility index (Phi) is 6.37. The van der Waals surface area contributed by atoms with Crippen molar-refractivity contribution in [1.82, 2.24) is 0 Å². The average Bonchev–Trinajstić information content (AvgIpc) is 3.20. The van der Waals surface area contributed by atoms with Gasteiger partial charge in [0.2, 0.25) is 0 Å². The highest BCUT2D eigenvalue weighted by Gasteiger charge is 2.58. The van der Waals surface area contributed by atoms with E-state index >= 15 is 0 Å². The third kappa shape index (κ3) is 4.28. The summed E-state index contributed by atoms with van der Waals surface area (Å²) in [5.74, 6) is -0.0917. The number of fused-ring (bicyclic) bond motifs is 1. The summed E-state index contributed by atoms with van der Waals surface area (Å²) in [6, 6.07) is 12.4. The number of hydrogen-bond donors (Lipinski definition) is 1. The second-order valence-electron chi connectivity index (χ2n) is 8.52. The highest BCUT2D eigenvalue weighted by Crippen LogP contribution is 2.47. The molecule has 1 unspecified atom stereocenters. The third-order valence-electron chi connectivity index (χ3n) is 5.33. The molecule has 31 heavy (non-hydrogen) atoms. The van der Waals surface area contributed by atoms with Crippen molar-refractivity contribution in [3.8, 4) is 5.75 Å². The van der Waals surface area contributed by atoms with Crippen molar-refractivity contribution in [3.05, 3.63) is 52.5 Å². The number of carbonyl (C=O) groups excluding carboxylic acids is 2. The number of nitrogens with zero attached hydrogens (tertiary/aromatic N) is 2. The molecule has 1 spiro atoms. The second-order valence-corrected chi connectivity index (χ2v) is 9.44. The van der Waals surface area contributed by atoms with E-state index in [4.69, 9.17) is 4.74 Å². The number of phenols is 1. The summed E-state index contributed by atoms with van der Waals surface area (Å²) in [5.41, 5.74) is 0.416. The smallest absolute Gasteiger partial charge is 0.415 e.